The van der Waals surface area contributed by atoms with E-state index < -0.39 is 0 Å². The number of halogens is 1. The molecule has 0 aromatic heterocycles. The minimum Gasteiger partial charge on any atom is -0.122 e. The third kappa shape index (κ3) is 2.24. The first-order valence-corrected chi connectivity index (χ1v) is 8.35. The quantitative estimate of drug-likeness (QED) is 0.660. The number of hydrogen-bond acceptors (Lipinski definition) is 0. The van der Waals surface area contributed by atoms with Gasteiger partial charge in [0.15, 0.2) is 0 Å². The van der Waals surface area contributed by atoms with Gasteiger partial charge in [-0.15, -0.1) is 11.6 Å². The maximum atomic E-state index is 6.77. The van der Waals surface area contributed by atoms with Crippen LogP contribution in [0.3, 0.4) is 0 Å². The second-order valence-corrected chi connectivity index (χ2v) is 7.30. The Bertz CT molecular complexity index is 618. The lowest BCUT2D eigenvalue weighted by atomic mass is 9.84. The highest BCUT2D eigenvalue weighted by atomic mass is 35.5. The molecule has 4 unspecified atom stereocenters. The Morgan fingerprint density at radius 2 is 1.85 bits per heavy atom. The number of alkyl halides is 1. The Kier molecular flexibility index (Phi) is 3.22. The first-order chi connectivity index (χ1) is 9.79. The molecule has 0 spiro atoms. The lowest BCUT2D eigenvalue weighted by molar-refractivity contribution is 0.320. The molecule has 2 fully saturated rings. The summed E-state index contributed by atoms with van der Waals surface area (Å²) in [7, 11) is 0. The van der Waals surface area contributed by atoms with Crippen LogP contribution in [-0.4, -0.2) is 5.38 Å². The maximum Gasteiger partial charge on any atom is 0.0407 e. The van der Waals surface area contributed by atoms with Crippen molar-refractivity contribution in [3.8, 4) is 0 Å². The summed E-state index contributed by atoms with van der Waals surface area (Å²) < 4.78 is 0. The van der Waals surface area contributed by atoms with E-state index in [1.54, 1.807) is 0 Å². The van der Waals surface area contributed by atoms with Crippen LogP contribution in [0.4, 0.5) is 0 Å². The average molecular weight is 285 g/mol. The Morgan fingerprint density at radius 1 is 1.00 bits per heavy atom. The number of rotatable bonds is 3. The van der Waals surface area contributed by atoms with Crippen LogP contribution in [0.1, 0.15) is 31.2 Å². The van der Waals surface area contributed by atoms with Crippen LogP contribution in [0.2, 0.25) is 0 Å². The molecule has 2 aromatic carbocycles. The molecule has 0 N–H and O–H groups in total. The Labute approximate surface area is 126 Å². The van der Waals surface area contributed by atoms with Gasteiger partial charge in [-0.3, -0.25) is 0 Å². The summed E-state index contributed by atoms with van der Waals surface area (Å²) in [4.78, 5) is 0. The van der Waals surface area contributed by atoms with Crippen LogP contribution in [0, 0.1) is 17.8 Å². The standard InChI is InChI=1S/C19H21Cl/c20-19(18-11-13-6-8-17(18)10-13)12-14-5-7-15-3-1-2-4-16(15)9-14/h1-5,7,9,13,17-19H,6,8,10-12H2. The molecule has 2 aromatic rings. The molecule has 2 aliphatic carbocycles. The molecule has 4 rings (SSSR count). The van der Waals surface area contributed by atoms with Gasteiger partial charge in [0.2, 0.25) is 0 Å². The van der Waals surface area contributed by atoms with Gasteiger partial charge >= 0.3 is 0 Å². The van der Waals surface area contributed by atoms with Crippen molar-refractivity contribution in [1.82, 2.24) is 0 Å². The summed E-state index contributed by atoms with van der Waals surface area (Å²) in [5.41, 5.74) is 1.39. The second-order valence-electron chi connectivity index (χ2n) is 6.74. The molecule has 4 atom stereocenters. The molecule has 0 amide bonds. The molecule has 2 bridgehead atoms. The van der Waals surface area contributed by atoms with Crippen molar-refractivity contribution in [1.29, 1.82) is 0 Å². The van der Waals surface area contributed by atoms with Crippen LogP contribution < -0.4 is 0 Å². The van der Waals surface area contributed by atoms with E-state index in [1.807, 2.05) is 0 Å². The van der Waals surface area contributed by atoms with E-state index in [-0.39, 0.29) is 0 Å². The van der Waals surface area contributed by atoms with E-state index in [4.69, 9.17) is 11.6 Å². The van der Waals surface area contributed by atoms with Gasteiger partial charge in [-0.05, 0) is 59.8 Å². The lowest BCUT2D eigenvalue weighted by Gasteiger charge is -2.26. The molecule has 0 saturated heterocycles. The topological polar surface area (TPSA) is 0 Å². The molecular formula is C19H21Cl. The number of hydrogen-bond donors (Lipinski definition) is 0. The van der Waals surface area contributed by atoms with Crippen molar-refractivity contribution in [3.05, 3.63) is 48.0 Å². The van der Waals surface area contributed by atoms with Crippen molar-refractivity contribution >= 4 is 22.4 Å². The summed E-state index contributed by atoms with van der Waals surface area (Å²) in [5, 5.41) is 2.98. The zero-order valence-corrected chi connectivity index (χ0v) is 12.5. The Balaban J connectivity index is 1.52. The van der Waals surface area contributed by atoms with Crippen LogP contribution >= 0.6 is 11.6 Å². The van der Waals surface area contributed by atoms with Gasteiger partial charge in [0.1, 0.15) is 0 Å². The third-order valence-corrected chi connectivity index (χ3v) is 5.98. The maximum absolute atomic E-state index is 6.77. The minimum atomic E-state index is 0.325. The largest absolute Gasteiger partial charge is 0.122 e. The monoisotopic (exact) mass is 284 g/mol. The highest BCUT2D eigenvalue weighted by Gasteiger charge is 2.42. The fourth-order valence-electron chi connectivity index (χ4n) is 4.48. The molecule has 104 valence electrons. The zero-order valence-electron chi connectivity index (χ0n) is 11.8. The predicted molar refractivity (Wildman–Crippen MR) is 86.2 cm³/mol. The number of benzene rings is 2. The predicted octanol–water partition coefficient (Wildman–Crippen LogP) is 5.43. The van der Waals surface area contributed by atoms with Gasteiger partial charge in [0.25, 0.3) is 0 Å². The van der Waals surface area contributed by atoms with Gasteiger partial charge in [0, 0.05) is 5.38 Å². The fraction of sp³-hybridized carbons (Fsp3) is 0.474. The van der Waals surface area contributed by atoms with Crippen molar-refractivity contribution in [2.75, 3.05) is 0 Å². The third-order valence-electron chi connectivity index (χ3n) is 5.50. The van der Waals surface area contributed by atoms with Gasteiger partial charge in [-0.1, -0.05) is 48.9 Å². The molecule has 0 nitrogen and oxygen atoms in total. The smallest absolute Gasteiger partial charge is 0.0407 e. The summed E-state index contributed by atoms with van der Waals surface area (Å²) in [6.07, 6.45) is 6.75. The second kappa shape index (κ2) is 5.07. The van der Waals surface area contributed by atoms with Crippen LogP contribution in [0.25, 0.3) is 10.8 Å². The van der Waals surface area contributed by atoms with Gasteiger partial charge in [-0.25, -0.2) is 0 Å². The zero-order chi connectivity index (χ0) is 13.5. The first-order valence-electron chi connectivity index (χ1n) is 7.91. The minimum absolute atomic E-state index is 0.325. The molecular weight excluding hydrogens is 264 g/mol. The Hall–Kier alpha value is -1.01. The SMILES string of the molecule is ClC(Cc1ccc2ccccc2c1)C1CC2CCC1C2. The van der Waals surface area contributed by atoms with Gasteiger partial charge in [-0.2, -0.15) is 0 Å². The molecule has 2 saturated carbocycles. The molecule has 0 aliphatic heterocycles. The Morgan fingerprint density at radius 3 is 2.60 bits per heavy atom. The summed E-state index contributed by atoms with van der Waals surface area (Å²) in [6, 6.07) is 15.4. The molecule has 2 aliphatic rings. The van der Waals surface area contributed by atoms with E-state index in [1.165, 1.54) is 42.0 Å². The van der Waals surface area contributed by atoms with E-state index in [0.717, 1.165) is 24.2 Å². The van der Waals surface area contributed by atoms with Crippen molar-refractivity contribution in [3.63, 3.8) is 0 Å². The normalized spacial score (nSPS) is 29.9. The molecule has 20 heavy (non-hydrogen) atoms. The van der Waals surface area contributed by atoms with Gasteiger partial charge < -0.3 is 0 Å². The van der Waals surface area contributed by atoms with Crippen molar-refractivity contribution < 1.29 is 0 Å². The molecule has 0 radical (unpaired) electrons. The van der Waals surface area contributed by atoms with Crippen LogP contribution in [-0.2, 0) is 6.42 Å². The lowest BCUT2D eigenvalue weighted by Crippen LogP contribution is -2.23. The van der Waals surface area contributed by atoms with Crippen molar-refractivity contribution in [2.24, 2.45) is 17.8 Å². The van der Waals surface area contributed by atoms with Crippen LogP contribution in [0.5, 0.6) is 0 Å². The van der Waals surface area contributed by atoms with E-state index in [9.17, 15) is 0 Å². The van der Waals surface area contributed by atoms with Crippen LogP contribution in [0.15, 0.2) is 42.5 Å². The highest BCUT2D eigenvalue weighted by molar-refractivity contribution is 6.21. The van der Waals surface area contributed by atoms with Gasteiger partial charge in [0.05, 0.1) is 0 Å². The van der Waals surface area contributed by atoms with E-state index >= 15 is 0 Å². The number of fused-ring (bicyclic) bond motifs is 3. The molecule has 1 heteroatoms. The average Bonchev–Trinajstić information content (AvgIpc) is 3.10. The molecule has 0 heterocycles. The highest BCUT2D eigenvalue weighted by Crippen LogP contribution is 2.51. The van der Waals surface area contributed by atoms with E-state index in [0.29, 0.717) is 5.38 Å². The summed E-state index contributed by atoms with van der Waals surface area (Å²) in [5.74, 6) is 2.67. The fourth-order valence-corrected chi connectivity index (χ4v) is 4.97. The first kappa shape index (κ1) is 12.7. The van der Waals surface area contributed by atoms with Crippen molar-refractivity contribution in [2.45, 2.75) is 37.5 Å². The summed E-state index contributed by atoms with van der Waals surface area (Å²) >= 11 is 6.77. The van der Waals surface area contributed by atoms with E-state index in [2.05, 4.69) is 42.5 Å². The summed E-state index contributed by atoms with van der Waals surface area (Å²) in [6.45, 7) is 0.